The molecule has 0 spiro atoms. The normalized spacial score (nSPS) is 11.4. The van der Waals surface area contributed by atoms with E-state index >= 15 is 0 Å². The van der Waals surface area contributed by atoms with Gasteiger partial charge in [0.2, 0.25) is 6.33 Å². The van der Waals surface area contributed by atoms with E-state index in [1.165, 1.54) is 5.69 Å². The molecule has 21 heavy (non-hydrogen) atoms. The van der Waals surface area contributed by atoms with Gasteiger partial charge in [-0.15, -0.1) is 0 Å². The Morgan fingerprint density at radius 2 is 1.71 bits per heavy atom. The Hall–Kier alpha value is -2.17. The van der Waals surface area contributed by atoms with Crippen LogP contribution >= 0.6 is 0 Å². The van der Waals surface area contributed by atoms with E-state index in [1.54, 1.807) is 12.1 Å². The maximum absolute atomic E-state index is 10.8. The maximum atomic E-state index is 10.8. The number of hydrogen-bond donors (Lipinski definition) is 0. The third kappa shape index (κ3) is 2.82. The van der Waals surface area contributed by atoms with Gasteiger partial charge in [-0.05, 0) is 26.0 Å². The second kappa shape index (κ2) is 5.68. The van der Waals surface area contributed by atoms with Crippen LogP contribution in [0, 0.1) is 10.1 Å². The topological polar surface area (TPSA) is 52.0 Å². The fourth-order valence-corrected chi connectivity index (χ4v) is 2.69. The summed E-state index contributed by atoms with van der Waals surface area (Å²) in [4.78, 5) is 10.4. The van der Waals surface area contributed by atoms with Crippen LogP contribution in [0.5, 0.6) is 0 Å². The summed E-state index contributed by atoms with van der Waals surface area (Å²) in [7, 11) is 2.02. The number of nitrogens with zero attached hydrogens (tertiary/aromatic N) is 3. The molecule has 0 unspecified atom stereocenters. The monoisotopic (exact) mass is 288 g/mol. The summed E-state index contributed by atoms with van der Waals surface area (Å²) >= 11 is 0. The van der Waals surface area contributed by atoms with Crippen LogP contribution in [0.15, 0.2) is 30.6 Å². The van der Waals surface area contributed by atoms with Gasteiger partial charge in [-0.25, -0.2) is 9.13 Å². The molecule has 1 aromatic heterocycles. The number of benzene rings is 1. The van der Waals surface area contributed by atoms with Crippen LogP contribution in [0.25, 0.3) is 11.3 Å². The fraction of sp³-hybridized carbons (Fsp3) is 0.438. The van der Waals surface area contributed by atoms with Gasteiger partial charge in [0.15, 0.2) is 11.4 Å². The molecule has 0 N–H and O–H groups in total. The quantitative estimate of drug-likeness (QED) is 0.490. The molecule has 0 atom stereocenters. The number of nitro groups is 1. The van der Waals surface area contributed by atoms with Gasteiger partial charge in [0.1, 0.15) is 0 Å². The van der Waals surface area contributed by atoms with Gasteiger partial charge in [-0.2, -0.15) is 0 Å². The van der Waals surface area contributed by atoms with Crippen molar-refractivity contribution in [3.63, 3.8) is 0 Å². The average molecular weight is 288 g/mol. The minimum absolute atomic E-state index is 0.121. The first-order chi connectivity index (χ1) is 9.82. The summed E-state index contributed by atoms with van der Waals surface area (Å²) in [5.41, 5.74) is 3.50. The van der Waals surface area contributed by atoms with E-state index in [9.17, 15) is 10.1 Å². The highest BCUT2D eigenvalue weighted by Gasteiger charge is 2.26. The molecule has 1 aromatic carbocycles. The highest BCUT2D eigenvalue weighted by atomic mass is 16.6. The first-order valence-corrected chi connectivity index (χ1v) is 7.18. The van der Waals surface area contributed by atoms with Crippen molar-refractivity contribution >= 4 is 5.69 Å². The molecule has 0 aliphatic rings. The lowest BCUT2D eigenvalue weighted by atomic mass is 10.0. The van der Waals surface area contributed by atoms with E-state index in [-0.39, 0.29) is 10.6 Å². The van der Waals surface area contributed by atoms with Gasteiger partial charge in [0, 0.05) is 23.6 Å². The number of hydrogen-bond acceptors (Lipinski definition) is 2. The molecular weight excluding hydrogens is 266 g/mol. The molecular formula is C16H22N3O2+. The molecule has 0 saturated heterocycles. The van der Waals surface area contributed by atoms with Crippen molar-refractivity contribution in [2.75, 3.05) is 0 Å². The highest BCUT2D eigenvalue weighted by molar-refractivity contribution is 5.61. The summed E-state index contributed by atoms with van der Waals surface area (Å²) in [6, 6.07) is 7.15. The third-order valence-electron chi connectivity index (χ3n) is 3.63. The van der Waals surface area contributed by atoms with Crippen LogP contribution in [0.3, 0.4) is 0 Å². The van der Waals surface area contributed by atoms with Crippen LogP contribution < -0.4 is 4.57 Å². The number of rotatable bonds is 4. The van der Waals surface area contributed by atoms with E-state index in [4.69, 9.17) is 0 Å². The number of imidazole rings is 1. The predicted octanol–water partition coefficient (Wildman–Crippen LogP) is 3.59. The van der Waals surface area contributed by atoms with Crippen molar-refractivity contribution in [1.29, 1.82) is 0 Å². The molecule has 5 heteroatoms. The average Bonchev–Trinajstić information content (AvgIpc) is 2.76. The molecule has 1 heterocycles. The van der Waals surface area contributed by atoms with Crippen LogP contribution in [0.2, 0.25) is 0 Å². The molecule has 2 aromatic rings. The van der Waals surface area contributed by atoms with Crippen LogP contribution in [0.1, 0.15) is 45.3 Å². The summed E-state index contributed by atoms with van der Waals surface area (Å²) in [6.07, 6.45) is 2.09. The van der Waals surface area contributed by atoms with Gasteiger partial charge in [0.25, 0.3) is 5.69 Å². The number of non-ortho nitro benzene ring substituents is 1. The van der Waals surface area contributed by atoms with E-state index < -0.39 is 0 Å². The minimum Gasteiger partial charge on any atom is -0.258 e. The SMILES string of the molecule is CC(C)c1c(-c2ccc([N+](=O)[O-])cc2)[n+](C)cn1C(C)C. The van der Waals surface area contributed by atoms with E-state index in [1.807, 2.05) is 19.2 Å². The lowest BCUT2D eigenvalue weighted by Crippen LogP contribution is -2.28. The molecule has 5 nitrogen and oxygen atoms in total. The molecule has 0 bridgehead atoms. The predicted molar refractivity (Wildman–Crippen MR) is 82.2 cm³/mol. The first-order valence-electron chi connectivity index (χ1n) is 7.18. The Bertz CT molecular complexity index is 655. The van der Waals surface area contributed by atoms with E-state index in [0.717, 1.165) is 11.3 Å². The van der Waals surface area contributed by atoms with Gasteiger partial charge in [-0.1, -0.05) is 13.8 Å². The molecule has 2 rings (SSSR count). The van der Waals surface area contributed by atoms with E-state index in [2.05, 4.69) is 43.2 Å². The highest BCUT2D eigenvalue weighted by Crippen LogP contribution is 2.29. The Balaban J connectivity index is 2.60. The Kier molecular flexibility index (Phi) is 4.11. The van der Waals surface area contributed by atoms with Crippen molar-refractivity contribution in [3.05, 3.63) is 46.4 Å². The summed E-state index contributed by atoms with van der Waals surface area (Å²) < 4.78 is 4.36. The van der Waals surface area contributed by atoms with E-state index in [0.29, 0.717) is 12.0 Å². The first kappa shape index (κ1) is 15.2. The van der Waals surface area contributed by atoms with Crippen molar-refractivity contribution < 1.29 is 9.49 Å². The lowest BCUT2D eigenvalue weighted by Gasteiger charge is -2.09. The smallest absolute Gasteiger partial charge is 0.258 e. The van der Waals surface area contributed by atoms with Gasteiger partial charge >= 0.3 is 0 Å². The molecule has 112 valence electrons. The number of aromatic nitrogens is 2. The number of nitro benzene ring substituents is 1. The van der Waals surface area contributed by atoms with Crippen LogP contribution in [-0.2, 0) is 7.05 Å². The summed E-state index contributed by atoms with van der Waals surface area (Å²) in [6.45, 7) is 8.66. The maximum Gasteiger partial charge on any atom is 0.269 e. The standard InChI is InChI=1S/C16H22N3O2/c1-11(2)15-16(17(5)10-18(15)12(3)4)13-6-8-14(9-7-13)19(20)21/h6-12H,1-5H3/q+1. The van der Waals surface area contributed by atoms with Gasteiger partial charge < -0.3 is 0 Å². The molecule has 0 aliphatic carbocycles. The molecule has 0 saturated carbocycles. The second-order valence-corrected chi connectivity index (χ2v) is 5.92. The zero-order valence-corrected chi connectivity index (χ0v) is 13.2. The Morgan fingerprint density at radius 3 is 2.14 bits per heavy atom. The van der Waals surface area contributed by atoms with Gasteiger partial charge in [-0.3, -0.25) is 10.1 Å². The largest absolute Gasteiger partial charge is 0.269 e. The van der Waals surface area contributed by atoms with Crippen LogP contribution in [0.4, 0.5) is 5.69 Å². The Morgan fingerprint density at radius 1 is 1.14 bits per heavy atom. The third-order valence-corrected chi connectivity index (χ3v) is 3.63. The summed E-state index contributed by atoms with van der Waals surface area (Å²) in [5, 5.41) is 10.8. The molecule has 0 amide bonds. The molecule has 0 radical (unpaired) electrons. The zero-order valence-electron chi connectivity index (χ0n) is 13.2. The number of aryl methyl sites for hydroxylation is 1. The zero-order chi connectivity index (χ0) is 15.7. The minimum atomic E-state index is -0.369. The summed E-state index contributed by atoms with van der Waals surface area (Å²) in [5.74, 6) is 0.374. The van der Waals surface area contributed by atoms with Crippen molar-refractivity contribution in [1.82, 2.24) is 4.57 Å². The van der Waals surface area contributed by atoms with Crippen molar-refractivity contribution in [3.8, 4) is 11.3 Å². The Labute approximate surface area is 125 Å². The molecule has 0 fully saturated rings. The fourth-order valence-electron chi connectivity index (χ4n) is 2.69. The van der Waals surface area contributed by atoms with Gasteiger partial charge in [0.05, 0.1) is 18.0 Å². The lowest BCUT2D eigenvalue weighted by molar-refractivity contribution is -0.660. The van der Waals surface area contributed by atoms with Crippen LogP contribution in [-0.4, -0.2) is 9.49 Å². The van der Waals surface area contributed by atoms with Crippen molar-refractivity contribution in [2.45, 2.75) is 39.7 Å². The van der Waals surface area contributed by atoms with Crippen molar-refractivity contribution in [2.24, 2.45) is 7.05 Å². The molecule has 0 aliphatic heterocycles. The second-order valence-electron chi connectivity index (χ2n) is 5.92.